The van der Waals surface area contributed by atoms with Crippen molar-refractivity contribution in [2.24, 2.45) is 5.16 Å². The third-order valence-electron chi connectivity index (χ3n) is 6.67. The molecule has 44 heavy (non-hydrogen) atoms. The molecule has 14 heteroatoms. The molecule has 0 saturated carbocycles. The zero-order chi connectivity index (χ0) is 31.9. The van der Waals surface area contributed by atoms with Gasteiger partial charge in [-0.3, -0.25) is 0 Å². The van der Waals surface area contributed by atoms with Gasteiger partial charge in [0.2, 0.25) is 0 Å². The van der Waals surface area contributed by atoms with Crippen molar-refractivity contribution in [3.8, 4) is 22.7 Å². The molecular formula is C30H34F5N3O6. The van der Waals surface area contributed by atoms with E-state index in [0.29, 0.717) is 31.2 Å². The van der Waals surface area contributed by atoms with Gasteiger partial charge in [0.25, 0.3) is 6.29 Å². The molecule has 1 aliphatic heterocycles. The smallest absolute Gasteiger partial charge is 0.426 e. The zero-order valence-corrected chi connectivity index (χ0v) is 24.5. The molecule has 0 unspecified atom stereocenters. The average Bonchev–Trinajstić information content (AvgIpc) is 3.47. The lowest BCUT2D eigenvalue weighted by atomic mass is 9.99. The lowest BCUT2D eigenvalue weighted by molar-refractivity contribution is -0.360. The fourth-order valence-electron chi connectivity index (χ4n) is 4.63. The van der Waals surface area contributed by atoms with Crippen LogP contribution in [-0.2, 0) is 23.8 Å². The van der Waals surface area contributed by atoms with Gasteiger partial charge in [0.05, 0.1) is 24.3 Å². The Kier molecular flexibility index (Phi) is 10.9. The third kappa shape index (κ3) is 7.92. The Morgan fingerprint density at radius 1 is 0.864 bits per heavy atom. The molecule has 0 N–H and O–H groups in total. The van der Waals surface area contributed by atoms with Crippen LogP contribution in [0.2, 0.25) is 0 Å². The van der Waals surface area contributed by atoms with Gasteiger partial charge in [0, 0.05) is 37.3 Å². The largest absolute Gasteiger partial charge is 0.499 e. The molecule has 0 aliphatic carbocycles. The molecule has 240 valence electrons. The van der Waals surface area contributed by atoms with E-state index in [2.05, 4.69) is 14.9 Å². The fraction of sp³-hybridized carbons (Fsp3) is 0.467. The highest BCUT2D eigenvalue weighted by Crippen LogP contribution is 2.37. The minimum Gasteiger partial charge on any atom is -0.426 e. The molecule has 1 fully saturated rings. The summed E-state index contributed by atoms with van der Waals surface area (Å²) in [4.78, 5) is 10.1. The summed E-state index contributed by atoms with van der Waals surface area (Å²) in [6, 6.07) is 12.0. The lowest BCUT2D eigenvalue weighted by Gasteiger charge is -2.43. The number of nitrogens with zero attached hydrogens (tertiary/aromatic N) is 3. The molecule has 1 aliphatic rings. The summed E-state index contributed by atoms with van der Waals surface area (Å²) in [6.45, 7) is 8.96. The van der Waals surface area contributed by atoms with Crippen molar-refractivity contribution in [3.05, 3.63) is 66.6 Å². The van der Waals surface area contributed by atoms with Crippen molar-refractivity contribution in [2.45, 2.75) is 70.7 Å². The molecule has 9 nitrogen and oxygen atoms in total. The summed E-state index contributed by atoms with van der Waals surface area (Å²) in [5, 5.41) is 4.12. The van der Waals surface area contributed by atoms with E-state index in [4.69, 9.17) is 23.8 Å². The van der Waals surface area contributed by atoms with Gasteiger partial charge >= 0.3 is 12.3 Å². The van der Waals surface area contributed by atoms with E-state index in [0.717, 1.165) is 23.3 Å². The monoisotopic (exact) mass is 627 g/mol. The highest BCUT2D eigenvalue weighted by atomic mass is 19.4. The Hall–Kier alpha value is -3.59. The maximum Gasteiger partial charge on any atom is 0.499 e. The van der Waals surface area contributed by atoms with Crippen molar-refractivity contribution in [2.75, 3.05) is 19.8 Å². The van der Waals surface area contributed by atoms with E-state index in [1.54, 1.807) is 10.8 Å². The molecule has 0 spiro atoms. The minimum absolute atomic E-state index is 0.312. The normalized spacial score (nSPS) is 22.8. The fourth-order valence-corrected chi connectivity index (χ4v) is 4.63. The molecule has 2 aromatic carbocycles. The average molecular weight is 628 g/mol. The molecule has 0 radical (unpaired) electrons. The van der Waals surface area contributed by atoms with Crippen LogP contribution in [-0.4, -0.2) is 78.6 Å². The topological polar surface area (TPSA) is 85.6 Å². The summed E-state index contributed by atoms with van der Waals surface area (Å²) in [5.74, 6) is -0.626. The summed E-state index contributed by atoms with van der Waals surface area (Å²) < 4.78 is 92.7. The second-order valence-corrected chi connectivity index (χ2v) is 9.71. The summed E-state index contributed by atoms with van der Waals surface area (Å²) in [6.07, 6.45) is -8.79. The molecule has 4 rings (SSSR count). The Bertz CT molecular complexity index is 1350. The molecule has 1 saturated heterocycles. The van der Waals surface area contributed by atoms with E-state index in [-0.39, 0.29) is 12.2 Å². The maximum absolute atomic E-state index is 13.2. The number of hydrogen-bond donors (Lipinski definition) is 0. The third-order valence-corrected chi connectivity index (χ3v) is 6.67. The van der Waals surface area contributed by atoms with Crippen LogP contribution >= 0.6 is 0 Å². The summed E-state index contributed by atoms with van der Waals surface area (Å²) >= 11 is 0. The first-order chi connectivity index (χ1) is 21.0. The number of benzene rings is 2. The van der Waals surface area contributed by atoms with Crippen LogP contribution in [0.3, 0.4) is 0 Å². The lowest BCUT2D eigenvalue weighted by Crippen LogP contribution is -2.59. The van der Waals surface area contributed by atoms with Crippen LogP contribution in [0.5, 0.6) is 5.75 Å². The SMILES string of the molecule is CCO[C@@H]1[C@@H](OCC)[C@H](C)O[C@@H](O/N=C/c2ccc(-c3cn(-c4ccc(OC(F)(F)C(F)(F)F)cc4)cn3)cc2)[C@@H]1OCC. The molecule has 5 atom stereocenters. The van der Waals surface area contributed by atoms with Gasteiger partial charge in [-0.05, 0) is 57.5 Å². The molecular weight excluding hydrogens is 593 g/mol. The van der Waals surface area contributed by atoms with Gasteiger partial charge in [-0.1, -0.05) is 29.4 Å². The molecule has 2 heterocycles. The van der Waals surface area contributed by atoms with Crippen molar-refractivity contribution < 1.29 is 50.5 Å². The van der Waals surface area contributed by atoms with Gasteiger partial charge in [-0.2, -0.15) is 22.0 Å². The van der Waals surface area contributed by atoms with Crippen molar-refractivity contribution in [3.63, 3.8) is 0 Å². The van der Waals surface area contributed by atoms with Crippen LogP contribution in [0, 0.1) is 0 Å². The van der Waals surface area contributed by atoms with Crippen LogP contribution in [0.15, 0.2) is 66.2 Å². The highest BCUT2D eigenvalue weighted by Gasteiger charge is 2.61. The predicted octanol–water partition coefficient (Wildman–Crippen LogP) is 6.38. The van der Waals surface area contributed by atoms with Crippen LogP contribution in [0.4, 0.5) is 22.0 Å². The van der Waals surface area contributed by atoms with Crippen molar-refractivity contribution in [1.82, 2.24) is 9.55 Å². The predicted molar refractivity (Wildman–Crippen MR) is 150 cm³/mol. The van der Waals surface area contributed by atoms with Gasteiger partial charge in [0.15, 0.2) is 6.10 Å². The van der Waals surface area contributed by atoms with Gasteiger partial charge < -0.3 is 33.1 Å². The van der Waals surface area contributed by atoms with Crippen molar-refractivity contribution >= 4 is 6.21 Å². The number of hydrogen-bond acceptors (Lipinski definition) is 8. The standard InChI is InChI=1S/C30H34F5N3O6/c1-5-39-25-19(4)42-28(27(41-7-3)26(25)40-6-2)44-37-16-20-8-10-21(11-9-20)24-17-38(18-36-24)22-12-14-23(15-13-22)43-30(34,35)29(31,32)33/h8-19,25-28H,5-7H2,1-4H3/b37-16+/t19-,25-,26+,27+,28-/m0/s1. The maximum atomic E-state index is 13.2. The number of oxime groups is 1. The van der Waals surface area contributed by atoms with E-state index in [9.17, 15) is 22.0 Å². The number of aromatic nitrogens is 2. The highest BCUT2D eigenvalue weighted by molar-refractivity contribution is 5.80. The number of halogens is 5. The number of rotatable bonds is 13. The van der Waals surface area contributed by atoms with Crippen molar-refractivity contribution in [1.29, 1.82) is 0 Å². The zero-order valence-electron chi connectivity index (χ0n) is 24.5. The van der Waals surface area contributed by atoms with Crippen LogP contribution in [0.25, 0.3) is 16.9 Å². The Morgan fingerprint density at radius 2 is 1.48 bits per heavy atom. The first-order valence-corrected chi connectivity index (χ1v) is 14.0. The van der Waals surface area contributed by atoms with Gasteiger partial charge in [0.1, 0.15) is 18.0 Å². The van der Waals surface area contributed by atoms with E-state index < -0.39 is 36.5 Å². The van der Waals surface area contributed by atoms with Gasteiger partial charge in [-0.25, -0.2) is 4.98 Å². The molecule has 0 amide bonds. The first-order valence-electron chi connectivity index (χ1n) is 14.0. The van der Waals surface area contributed by atoms with E-state index in [1.807, 2.05) is 52.0 Å². The Balaban J connectivity index is 1.39. The number of ether oxygens (including phenoxy) is 5. The second kappa shape index (κ2) is 14.5. The quantitative estimate of drug-likeness (QED) is 0.123. The molecule has 3 aromatic rings. The van der Waals surface area contributed by atoms with Crippen LogP contribution < -0.4 is 4.74 Å². The van der Waals surface area contributed by atoms with Crippen LogP contribution in [0.1, 0.15) is 33.3 Å². The van der Waals surface area contributed by atoms with Gasteiger partial charge in [-0.15, -0.1) is 0 Å². The minimum atomic E-state index is -5.82. The first kappa shape index (κ1) is 33.3. The molecule has 1 aromatic heterocycles. The summed E-state index contributed by atoms with van der Waals surface area (Å²) in [7, 11) is 0. The summed E-state index contributed by atoms with van der Waals surface area (Å²) in [5.41, 5.74) is 2.60. The second-order valence-electron chi connectivity index (χ2n) is 9.71. The Morgan fingerprint density at radius 3 is 2.09 bits per heavy atom. The number of imidazole rings is 1. The van der Waals surface area contributed by atoms with E-state index in [1.165, 1.54) is 24.7 Å². The number of alkyl halides is 5. The Labute approximate surface area is 251 Å². The van der Waals surface area contributed by atoms with E-state index >= 15 is 0 Å². The molecule has 0 bridgehead atoms.